The van der Waals surface area contributed by atoms with E-state index in [2.05, 4.69) is 5.32 Å². The van der Waals surface area contributed by atoms with E-state index in [0.717, 1.165) is 3.57 Å². The lowest BCUT2D eigenvalue weighted by Gasteiger charge is -2.09. The summed E-state index contributed by atoms with van der Waals surface area (Å²) in [7, 11) is 0. The van der Waals surface area contributed by atoms with E-state index < -0.39 is 11.7 Å². The molecule has 2 aromatic rings. The second-order valence-corrected chi connectivity index (χ2v) is 6.18. The summed E-state index contributed by atoms with van der Waals surface area (Å²) in [6, 6.07) is 9.06. The Morgan fingerprint density at radius 3 is 2.62 bits per heavy atom. The molecule has 0 spiro atoms. The molecule has 3 N–H and O–H groups in total. The van der Waals surface area contributed by atoms with E-state index in [9.17, 15) is 9.18 Å². The molecule has 1 amide bonds. The lowest BCUT2D eigenvalue weighted by Crippen LogP contribution is -2.15. The Hall–Kier alpha value is -1.25. The van der Waals surface area contributed by atoms with Crippen LogP contribution in [0.15, 0.2) is 36.4 Å². The van der Waals surface area contributed by atoms with Crippen molar-refractivity contribution < 1.29 is 9.18 Å². The van der Waals surface area contributed by atoms with Gasteiger partial charge in [0.05, 0.1) is 11.3 Å². The summed E-state index contributed by atoms with van der Waals surface area (Å²) in [5.41, 5.74) is 6.25. The topological polar surface area (TPSA) is 55.1 Å². The monoisotopic (exact) mass is 434 g/mol. The summed E-state index contributed by atoms with van der Waals surface area (Å²) in [5, 5.41) is 2.93. The van der Waals surface area contributed by atoms with Crippen LogP contribution in [0.2, 0.25) is 5.02 Å². The SMILES string of the molecule is NC(=S)c1ccc(NC(=O)c2cc(Cl)ccc2I)c(F)c1. The number of amides is 1. The van der Waals surface area contributed by atoms with Crippen molar-refractivity contribution in [2.45, 2.75) is 0 Å². The van der Waals surface area contributed by atoms with Gasteiger partial charge in [-0.3, -0.25) is 4.79 Å². The van der Waals surface area contributed by atoms with Crippen LogP contribution in [0.3, 0.4) is 0 Å². The predicted octanol–water partition coefficient (Wildman–Crippen LogP) is 3.97. The standard InChI is InChI=1S/C14H9ClFIN2OS/c15-8-2-3-11(17)9(6-8)14(20)19-12-4-1-7(13(18)21)5-10(12)16/h1-6H,(H2,18,21)(H,19,20). The summed E-state index contributed by atoms with van der Waals surface area (Å²) < 4.78 is 14.6. The zero-order chi connectivity index (χ0) is 15.6. The van der Waals surface area contributed by atoms with Crippen LogP contribution >= 0.6 is 46.4 Å². The van der Waals surface area contributed by atoms with E-state index in [0.29, 0.717) is 16.1 Å². The Morgan fingerprint density at radius 2 is 2.00 bits per heavy atom. The van der Waals surface area contributed by atoms with Crippen LogP contribution < -0.4 is 11.1 Å². The van der Waals surface area contributed by atoms with Crippen LogP contribution in [-0.4, -0.2) is 10.9 Å². The van der Waals surface area contributed by atoms with Gasteiger partial charge in [0.1, 0.15) is 10.8 Å². The number of carbonyl (C=O) groups is 1. The molecule has 0 bridgehead atoms. The molecule has 0 unspecified atom stereocenters. The number of halogens is 3. The van der Waals surface area contributed by atoms with Gasteiger partial charge in [0, 0.05) is 14.2 Å². The van der Waals surface area contributed by atoms with Crippen LogP contribution in [0.5, 0.6) is 0 Å². The number of hydrogen-bond donors (Lipinski definition) is 2. The largest absolute Gasteiger partial charge is 0.389 e. The predicted molar refractivity (Wildman–Crippen MR) is 94.4 cm³/mol. The second-order valence-electron chi connectivity index (χ2n) is 4.14. The van der Waals surface area contributed by atoms with Gasteiger partial charge in [-0.05, 0) is 59.0 Å². The van der Waals surface area contributed by atoms with Gasteiger partial charge in [-0.2, -0.15) is 0 Å². The average Bonchev–Trinajstić information content (AvgIpc) is 2.43. The van der Waals surface area contributed by atoms with Crippen molar-refractivity contribution >= 4 is 63.0 Å². The van der Waals surface area contributed by atoms with E-state index >= 15 is 0 Å². The van der Waals surface area contributed by atoms with E-state index in [1.807, 2.05) is 22.6 Å². The van der Waals surface area contributed by atoms with Gasteiger partial charge in [0.15, 0.2) is 0 Å². The third-order valence-electron chi connectivity index (χ3n) is 2.67. The fraction of sp³-hybridized carbons (Fsp3) is 0. The van der Waals surface area contributed by atoms with Gasteiger partial charge in [0.2, 0.25) is 0 Å². The maximum Gasteiger partial charge on any atom is 0.256 e. The Bertz CT molecular complexity index is 739. The zero-order valence-electron chi connectivity index (χ0n) is 10.5. The molecule has 21 heavy (non-hydrogen) atoms. The molecule has 0 aliphatic carbocycles. The maximum atomic E-state index is 13.9. The van der Waals surface area contributed by atoms with E-state index in [1.165, 1.54) is 18.2 Å². The van der Waals surface area contributed by atoms with Gasteiger partial charge in [0.25, 0.3) is 5.91 Å². The van der Waals surface area contributed by atoms with Crippen molar-refractivity contribution in [1.29, 1.82) is 0 Å². The van der Waals surface area contributed by atoms with E-state index in [-0.39, 0.29) is 10.7 Å². The van der Waals surface area contributed by atoms with Crippen LogP contribution in [0.4, 0.5) is 10.1 Å². The maximum absolute atomic E-state index is 13.9. The fourth-order valence-corrected chi connectivity index (χ4v) is 2.51. The normalized spacial score (nSPS) is 10.2. The lowest BCUT2D eigenvalue weighted by atomic mass is 10.1. The molecule has 108 valence electrons. The number of carbonyl (C=O) groups excluding carboxylic acids is 1. The number of nitrogens with two attached hydrogens (primary N) is 1. The van der Waals surface area contributed by atoms with Crippen molar-refractivity contribution in [2.24, 2.45) is 5.73 Å². The van der Waals surface area contributed by atoms with Gasteiger partial charge in [-0.25, -0.2) is 4.39 Å². The minimum absolute atomic E-state index is 0.0516. The average molecular weight is 435 g/mol. The van der Waals surface area contributed by atoms with E-state index in [1.54, 1.807) is 18.2 Å². The molecule has 0 atom stereocenters. The minimum Gasteiger partial charge on any atom is -0.389 e. The first-order valence-electron chi connectivity index (χ1n) is 5.74. The Kier molecular flexibility index (Phi) is 5.13. The summed E-state index contributed by atoms with van der Waals surface area (Å²) in [6.07, 6.45) is 0. The molecule has 0 aromatic heterocycles. The quantitative estimate of drug-likeness (QED) is 0.568. The Morgan fingerprint density at radius 1 is 1.29 bits per heavy atom. The third-order valence-corrected chi connectivity index (χ3v) is 4.09. The first-order valence-corrected chi connectivity index (χ1v) is 7.60. The van der Waals surface area contributed by atoms with Crippen molar-refractivity contribution in [3.05, 3.63) is 61.9 Å². The van der Waals surface area contributed by atoms with Crippen LogP contribution in [0.1, 0.15) is 15.9 Å². The molecule has 0 heterocycles. The van der Waals surface area contributed by atoms with Gasteiger partial charge >= 0.3 is 0 Å². The zero-order valence-corrected chi connectivity index (χ0v) is 14.2. The molecular formula is C14H9ClFIN2OS. The summed E-state index contributed by atoms with van der Waals surface area (Å²) in [6.45, 7) is 0. The van der Waals surface area contributed by atoms with Gasteiger partial charge < -0.3 is 11.1 Å². The number of benzene rings is 2. The highest BCUT2D eigenvalue weighted by Gasteiger charge is 2.13. The smallest absolute Gasteiger partial charge is 0.256 e. The van der Waals surface area contributed by atoms with Crippen molar-refractivity contribution in [2.75, 3.05) is 5.32 Å². The number of nitrogens with one attached hydrogen (secondary N) is 1. The lowest BCUT2D eigenvalue weighted by molar-refractivity contribution is 0.102. The number of hydrogen-bond acceptors (Lipinski definition) is 2. The number of thiocarbonyl (C=S) groups is 1. The molecule has 0 radical (unpaired) electrons. The first-order chi connectivity index (χ1) is 9.88. The highest BCUT2D eigenvalue weighted by molar-refractivity contribution is 14.1. The highest BCUT2D eigenvalue weighted by atomic mass is 127. The molecular weight excluding hydrogens is 426 g/mol. The molecule has 2 rings (SSSR count). The molecule has 0 saturated heterocycles. The van der Waals surface area contributed by atoms with Crippen LogP contribution in [-0.2, 0) is 0 Å². The van der Waals surface area contributed by atoms with Crippen molar-refractivity contribution in [3.63, 3.8) is 0 Å². The summed E-state index contributed by atoms with van der Waals surface area (Å²) >= 11 is 12.6. The number of anilines is 1. The highest BCUT2D eigenvalue weighted by Crippen LogP contribution is 2.21. The molecule has 2 aromatic carbocycles. The number of rotatable bonds is 3. The van der Waals surface area contributed by atoms with Crippen LogP contribution in [0.25, 0.3) is 0 Å². The van der Waals surface area contributed by atoms with Crippen molar-refractivity contribution in [3.8, 4) is 0 Å². The van der Waals surface area contributed by atoms with Crippen LogP contribution in [0, 0.1) is 9.39 Å². The summed E-state index contributed by atoms with van der Waals surface area (Å²) in [4.78, 5) is 12.3. The Labute approximate surface area is 144 Å². The fourth-order valence-electron chi connectivity index (χ4n) is 1.63. The molecule has 0 fully saturated rings. The molecule has 0 saturated carbocycles. The van der Waals surface area contributed by atoms with Gasteiger partial charge in [-0.15, -0.1) is 0 Å². The van der Waals surface area contributed by atoms with Gasteiger partial charge in [-0.1, -0.05) is 23.8 Å². The minimum atomic E-state index is -0.606. The first kappa shape index (κ1) is 16.1. The third kappa shape index (κ3) is 3.90. The molecule has 7 heteroatoms. The second kappa shape index (κ2) is 6.67. The van der Waals surface area contributed by atoms with E-state index in [4.69, 9.17) is 29.6 Å². The molecule has 3 nitrogen and oxygen atoms in total. The molecule has 0 aliphatic heterocycles. The molecule has 0 aliphatic rings. The Balaban J connectivity index is 2.27. The van der Waals surface area contributed by atoms with Crippen molar-refractivity contribution in [1.82, 2.24) is 0 Å². The summed E-state index contributed by atoms with van der Waals surface area (Å²) in [5.74, 6) is -1.05.